The Morgan fingerprint density at radius 3 is 2.58 bits per heavy atom. The summed E-state index contributed by atoms with van der Waals surface area (Å²) in [5.74, 6) is -0.396. The van der Waals surface area contributed by atoms with Gasteiger partial charge in [-0.1, -0.05) is 18.2 Å². The van der Waals surface area contributed by atoms with Crippen molar-refractivity contribution in [3.8, 4) is 11.6 Å². The molecule has 2 aromatic heterocycles. The number of aryl methyl sites for hydroxylation is 1. The van der Waals surface area contributed by atoms with Crippen molar-refractivity contribution in [2.45, 2.75) is 57.5 Å². The van der Waals surface area contributed by atoms with Crippen molar-refractivity contribution in [3.05, 3.63) is 76.2 Å². The van der Waals surface area contributed by atoms with Crippen LogP contribution in [0, 0.1) is 6.92 Å². The Bertz CT molecular complexity index is 1420. The predicted octanol–water partition coefficient (Wildman–Crippen LogP) is 6.51. The monoisotopic (exact) mass is 554 g/mol. The maximum atomic E-state index is 13.8. The second-order valence-corrected chi connectivity index (χ2v) is 10.7. The van der Waals surface area contributed by atoms with Crippen LogP contribution in [0.2, 0.25) is 0 Å². The molecule has 10 heteroatoms. The van der Waals surface area contributed by atoms with Gasteiger partial charge in [0, 0.05) is 0 Å². The molecule has 5 rings (SSSR count). The molecule has 0 radical (unpaired) electrons. The van der Waals surface area contributed by atoms with Crippen molar-refractivity contribution >= 4 is 11.5 Å². The molecule has 0 unspecified atom stereocenters. The fourth-order valence-corrected chi connectivity index (χ4v) is 5.69. The Balaban J connectivity index is 1.39. The quantitative estimate of drug-likeness (QED) is 0.359. The van der Waals surface area contributed by atoms with Crippen LogP contribution >= 0.6 is 0 Å². The van der Waals surface area contributed by atoms with Gasteiger partial charge < -0.3 is 14.7 Å². The molecule has 1 saturated heterocycles. The van der Waals surface area contributed by atoms with Crippen LogP contribution in [0.25, 0.3) is 11.4 Å². The Morgan fingerprint density at radius 1 is 1.12 bits per heavy atom. The fourth-order valence-electron chi connectivity index (χ4n) is 5.69. The van der Waals surface area contributed by atoms with E-state index in [2.05, 4.69) is 41.1 Å². The van der Waals surface area contributed by atoms with Gasteiger partial charge in [-0.2, -0.15) is 18.3 Å². The zero-order chi connectivity index (χ0) is 28.4. The van der Waals surface area contributed by atoms with E-state index < -0.39 is 23.4 Å². The van der Waals surface area contributed by atoms with Crippen LogP contribution in [0.15, 0.2) is 48.2 Å². The standard InChI is InChI=1S/C30H33F3N4O3/c1-19-16-21(20-12-14-36(2)15-13-20)10-11-26(19)40-18-22-6-3-4-7-23(22)25-8-5-9-27(35-25)37-28(30(31,32)33)24(17-34-37)29(38)39/h5,8-11,16-17,20H,3-4,6-7,12-15,18H2,1-2H3,(H,38,39). The lowest BCUT2D eigenvalue weighted by atomic mass is 9.88. The number of aromatic carboxylic acids is 1. The lowest BCUT2D eigenvalue weighted by Gasteiger charge is -2.29. The second-order valence-electron chi connectivity index (χ2n) is 10.7. The van der Waals surface area contributed by atoms with E-state index in [0.29, 0.717) is 29.1 Å². The molecule has 7 nitrogen and oxygen atoms in total. The molecule has 0 saturated carbocycles. The third-order valence-corrected chi connectivity index (χ3v) is 7.90. The van der Waals surface area contributed by atoms with E-state index in [1.165, 1.54) is 11.6 Å². The van der Waals surface area contributed by atoms with Crippen molar-refractivity contribution in [2.75, 3.05) is 26.7 Å². The molecule has 0 amide bonds. The van der Waals surface area contributed by atoms with Crippen LogP contribution in [0.1, 0.15) is 77.3 Å². The largest absolute Gasteiger partial charge is 0.489 e. The van der Waals surface area contributed by atoms with E-state index >= 15 is 0 Å². The summed E-state index contributed by atoms with van der Waals surface area (Å²) in [6, 6.07) is 11.2. The van der Waals surface area contributed by atoms with Gasteiger partial charge in [-0.05, 0) is 112 Å². The van der Waals surface area contributed by atoms with E-state index in [1.807, 2.05) is 6.07 Å². The fraction of sp³-hybridized carbons (Fsp3) is 0.433. The van der Waals surface area contributed by atoms with Crippen molar-refractivity contribution in [3.63, 3.8) is 0 Å². The number of likely N-dealkylation sites (tertiary alicyclic amines) is 1. The summed E-state index contributed by atoms with van der Waals surface area (Å²) in [5, 5.41) is 13.0. The molecular weight excluding hydrogens is 521 g/mol. The molecule has 3 aromatic rings. The average Bonchev–Trinajstić information content (AvgIpc) is 3.40. The highest BCUT2D eigenvalue weighted by Gasteiger charge is 2.41. The van der Waals surface area contributed by atoms with Crippen molar-refractivity contribution in [1.29, 1.82) is 0 Å². The highest BCUT2D eigenvalue weighted by atomic mass is 19.4. The number of hydrogen-bond acceptors (Lipinski definition) is 5. The summed E-state index contributed by atoms with van der Waals surface area (Å²) < 4.78 is 48.1. The molecule has 2 aliphatic rings. The van der Waals surface area contributed by atoms with Crippen LogP contribution in [-0.2, 0) is 6.18 Å². The number of piperidine rings is 1. The normalized spacial score (nSPS) is 17.3. The number of aromatic nitrogens is 3. The maximum Gasteiger partial charge on any atom is 0.434 e. The van der Waals surface area contributed by atoms with E-state index in [-0.39, 0.29) is 5.82 Å². The molecule has 0 bridgehead atoms. The van der Waals surface area contributed by atoms with Gasteiger partial charge in [0.15, 0.2) is 11.5 Å². The van der Waals surface area contributed by atoms with Crippen LogP contribution in [0.5, 0.6) is 5.75 Å². The minimum absolute atomic E-state index is 0.0870. The maximum absolute atomic E-state index is 13.8. The number of carboxylic acid groups (broad SMARTS) is 1. The van der Waals surface area contributed by atoms with E-state index in [9.17, 15) is 23.1 Å². The molecule has 3 heterocycles. The Hall–Kier alpha value is -3.66. The molecule has 0 atom stereocenters. The summed E-state index contributed by atoms with van der Waals surface area (Å²) in [5.41, 5.74) is 2.73. The topological polar surface area (TPSA) is 80.5 Å². The second kappa shape index (κ2) is 11.4. The summed E-state index contributed by atoms with van der Waals surface area (Å²) in [4.78, 5) is 18.3. The minimum Gasteiger partial charge on any atom is -0.489 e. The predicted molar refractivity (Wildman–Crippen MR) is 145 cm³/mol. The Labute approximate surface area is 231 Å². The molecule has 1 aliphatic carbocycles. The van der Waals surface area contributed by atoms with Crippen LogP contribution in [0.4, 0.5) is 13.2 Å². The Morgan fingerprint density at radius 2 is 1.88 bits per heavy atom. The lowest BCUT2D eigenvalue weighted by molar-refractivity contribution is -0.143. The molecular formula is C30H33F3N4O3. The number of allylic oxidation sites excluding steroid dienone is 1. The lowest BCUT2D eigenvalue weighted by Crippen LogP contribution is -2.29. The summed E-state index contributed by atoms with van der Waals surface area (Å²) in [6.45, 7) is 4.64. The number of pyridine rings is 1. The van der Waals surface area contributed by atoms with Gasteiger partial charge in [0.25, 0.3) is 0 Å². The van der Waals surface area contributed by atoms with Crippen LogP contribution in [0.3, 0.4) is 0 Å². The van der Waals surface area contributed by atoms with Crippen molar-refractivity contribution < 1.29 is 27.8 Å². The van der Waals surface area contributed by atoms with E-state index in [4.69, 9.17) is 4.74 Å². The average molecular weight is 555 g/mol. The summed E-state index contributed by atoms with van der Waals surface area (Å²) in [6.07, 6.45) is 1.58. The number of carbonyl (C=O) groups is 1. The van der Waals surface area contributed by atoms with Gasteiger partial charge in [0.05, 0.1) is 11.9 Å². The number of hydrogen-bond donors (Lipinski definition) is 1. The van der Waals surface area contributed by atoms with Crippen molar-refractivity contribution in [2.24, 2.45) is 0 Å². The number of ether oxygens (including phenoxy) is 1. The molecule has 212 valence electrons. The third kappa shape index (κ3) is 5.91. The smallest absolute Gasteiger partial charge is 0.434 e. The SMILES string of the molecule is Cc1cc(C2CCN(C)CC2)ccc1OCC1=C(c2cccc(-n3ncc(C(=O)O)c3C(F)(F)F)n2)CCCC1. The summed E-state index contributed by atoms with van der Waals surface area (Å²) in [7, 11) is 2.16. The minimum atomic E-state index is -4.91. The molecule has 1 aliphatic heterocycles. The van der Waals surface area contributed by atoms with E-state index in [1.54, 1.807) is 12.1 Å². The number of benzene rings is 1. The van der Waals surface area contributed by atoms with Gasteiger partial charge >= 0.3 is 12.1 Å². The van der Waals surface area contributed by atoms with Crippen molar-refractivity contribution in [1.82, 2.24) is 19.7 Å². The van der Waals surface area contributed by atoms with Crippen LogP contribution < -0.4 is 4.74 Å². The van der Waals surface area contributed by atoms with Gasteiger partial charge in [-0.3, -0.25) is 0 Å². The molecule has 1 fully saturated rings. The number of alkyl halides is 3. The number of halogens is 3. The molecule has 1 N–H and O–H groups in total. The highest BCUT2D eigenvalue weighted by Crippen LogP contribution is 2.36. The van der Waals surface area contributed by atoms with Gasteiger partial charge in [-0.25, -0.2) is 14.5 Å². The first kappa shape index (κ1) is 27.9. The molecule has 0 spiro atoms. The van der Waals surface area contributed by atoms with Gasteiger partial charge in [0.1, 0.15) is 17.9 Å². The third-order valence-electron chi connectivity index (χ3n) is 7.90. The van der Waals surface area contributed by atoms with Gasteiger partial charge in [0.2, 0.25) is 0 Å². The first-order valence-corrected chi connectivity index (χ1v) is 13.6. The molecule has 1 aromatic carbocycles. The number of rotatable bonds is 7. The molecule has 40 heavy (non-hydrogen) atoms. The Kier molecular flexibility index (Phi) is 7.98. The highest BCUT2D eigenvalue weighted by molar-refractivity contribution is 5.89. The van der Waals surface area contributed by atoms with E-state index in [0.717, 1.165) is 74.1 Å². The first-order valence-electron chi connectivity index (χ1n) is 13.6. The van der Waals surface area contributed by atoms with Crippen LogP contribution in [-0.4, -0.2) is 57.5 Å². The summed E-state index contributed by atoms with van der Waals surface area (Å²) >= 11 is 0. The number of nitrogens with zero attached hydrogens (tertiary/aromatic N) is 4. The zero-order valence-corrected chi connectivity index (χ0v) is 22.7. The number of carboxylic acids is 1. The first-order chi connectivity index (χ1) is 19.1. The van der Waals surface area contributed by atoms with Gasteiger partial charge in [-0.15, -0.1) is 0 Å². The zero-order valence-electron chi connectivity index (χ0n) is 22.7.